The maximum Gasteiger partial charge on any atom is 0.348 e. The van der Waals surface area contributed by atoms with E-state index in [1.807, 2.05) is 6.92 Å². The number of aromatic nitrogens is 4. The van der Waals surface area contributed by atoms with E-state index >= 15 is 0 Å². The van der Waals surface area contributed by atoms with E-state index in [0.717, 1.165) is 29.9 Å². The van der Waals surface area contributed by atoms with Crippen LogP contribution in [0.3, 0.4) is 0 Å². The summed E-state index contributed by atoms with van der Waals surface area (Å²) in [5, 5.41) is 22.8. The minimum Gasteiger partial charge on any atom is -0.360 e. The Hall–Kier alpha value is -2.36. The number of nitrogens with one attached hydrogen (secondary N) is 1. The molecule has 0 saturated heterocycles. The van der Waals surface area contributed by atoms with E-state index in [2.05, 4.69) is 20.5 Å². The van der Waals surface area contributed by atoms with Crippen LogP contribution in [0.25, 0.3) is 0 Å². The van der Waals surface area contributed by atoms with Gasteiger partial charge in [0.2, 0.25) is 5.13 Å². The van der Waals surface area contributed by atoms with Gasteiger partial charge in [0.25, 0.3) is 0 Å². The smallest absolute Gasteiger partial charge is 0.348 e. The van der Waals surface area contributed by atoms with Gasteiger partial charge in [-0.15, -0.1) is 10.2 Å². The van der Waals surface area contributed by atoms with Crippen LogP contribution in [0.4, 0.5) is 10.8 Å². The zero-order valence-electron chi connectivity index (χ0n) is 10.6. The highest BCUT2D eigenvalue weighted by molar-refractivity contribution is 7.15. The summed E-state index contributed by atoms with van der Waals surface area (Å²) >= 11 is 1.30. The summed E-state index contributed by atoms with van der Waals surface area (Å²) in [5.41, 5.74) is -0.799. The van der Waals surface area contributed by atoms with Gasteiger partial charge >= 0.3 is 11.4 Å². The van der Waals surface area contributed by atoms with Crippen LogP contribution in [-0.4, -0.2) is 31.2 Å². The van der Waals surface area contributed by atoms with Gasteiger partial charge in [-0.25, -0.2) is 4.79 Å². The first-order chi connectivity index (χ1) is 9.60. The number of hydrogen-bond donors (Lipinski definition) is 1. The summed E-state index contributed by atoms with van der Waals surface area (Å²) in [6.45, 7) is 2.93. The summed E-state index contributed by atoms with van der Waals surface area (Å²) in [6, 6.07) is 0. The predicted molar refractivity (Wildman–Crippen MR) is 72.9 cm³/mol. The molecule has 0 amide bonds. The number of hydrogen-bond acceptors (Lipinski definition) is 8. The topological polar surface area (TPSA) is 116 Å². The molecule has 0 atom stereocenters. The molecule has 0 aliphatic carbocycles. The lowest BCUT2D eigenvalue weighted by Crippen LogP contribution is -2.22. The van der Waals surface area contributed by atoms with Crippen LogP contribution in [0.1, 0.15) is 18.4 Å². The van der Waals surface area contributed by atoms with E-state index in [1.54, 1.807) is 0 Å². The number of rotatable bonds is 6. The van der Waals surface area contributed by atoms with Crippen LogP contribution >= 0.6 is 11.3 Å². The van der Waals surface area contributed by atoms with Crippen molar-refractivity contribution in [2.45, 2.75) is 19.9 Å². The fourth-order valence-corrected chi connectivity index (χ4v) is 2.18. The Labute approximate surface area is 117 Å². The molecule has 0 unspecified atom stereocenters. The third kappa shape index (κ3) is 3.35. The average molecular weight is 296 g/mol. The van der Waals surface area contributed by atoms with Gasteiger partial charge in [0.1, 0.15) is 11.2 Å². The summed E-state index contributed by atoms with van der Waals surface area (Å²) in [4.78, 5) is 25.1. The number of nitrogens with zero attached hydrogens (tertiary/aromatic N) is 5. The predicted octanol–water partition coefficient (Wildman–Crippen LogP) is 0.873. The van der Waals surface area contributed by atoms with Crippen molar-refractivity contribution in [2.24, 2.45) is 0 Å². The van der Waals surface area contributed by atoms with Gasteiger partial charge in [-0.2, -0.15) is 4.98 Å². The van der Waals surface area contributed by atoms with Crippen LogP contribution in [0.15, 0.2) is 17.2 Å². The Morgan fingerprint density at radius 1 is 1.50 bits per heavy atom. The van der Waals surface area contributed by atoms with Crippen LogP contribution < -0.4 is 11.0 Å². The molecule has 20 heavy (non-hydrogen) atoms. The molecule has 0 bridgehead atoms. The summed E-state index contributed by atoms with van der Waals surface area (Å²) in [6.07, 6.45) is 3.05. The van der Waals surface area contributed by atoms with Crippen molar-refractivity contribution in [1.82, 2.24) is 19.7 Å². The van der Waals surface area contributed by atoms with Crippen LogP contribution in [0.2, 0.25) is 0 Å². The van der Waals surface area contributed by atoms with Crippen molar-refractivity contribution >= 4 is 22.2 Å². The molecule has 2 aromatic rings. The van der Waals surface area contributed by atoms with Crippen molar-refractivity contribution < 1.29 is 4.92 Å². The van der Waals surface area contributed by atoms with E-state index in [4.69, 9.17) is 0 Å². The average Bonchev–Trinajstić information content (AvgIpc) is 2.86. The lowest BCUT2D eigenvalue weighted by atomic mass is 10.5. The Kier molecular flexibility index (Phi) is 4.35. The summed E-state index contributed by atoms with van der Waals surface area (Å²) in [7, 11) is 0. The van der Waals surface area contributed by atoms with E-state index < -0.39 is 10.6 Å². The molecule has 2 heterocycles. The third-order valence-corrected chi connectivity index (χ3v) is 3.22. The SMILES string of the molecule is CCCNc1nnc(Cn2cc([N+](=O)[O-])cnc2=O)s1. The quantitative estimate of drug-likeness (QED) is 0.621. The van der Waals surface area contributed by atoms with Crippen molar-refractivity contribution in [2.75, 3.05) is 11.9 Å². The van der Waals surface area contributed by atoms with Crippen LogP contribution in [0, 0.1) is 10.1 Å². The molecule has 0 saturated carbocycles. The minimum atomic E-state index is -0.600. The number of nitro groups is 1. The Bertz CT molecular complexity index is 667. The maximum atomic E-state index is 11.5. The van der Waals surface area contributed by atoms with Crippen molar-refractivity contribution in [1.29, 1.82) is 0 Å². The molecule has 1 N–H and O–H groups in total. The molecule has 2 aromatic heterocycles. The van der Waals surface area contributed by atoms with Crippen molar-refractivity contribution in [3.05, 3.63) is 38.0 Å². The summed E-state index contributed by atoms with van der Waals surface area (Å²) in [5.74, 6) is 0. The second-order valence-corrected chi connectivity index (χ2v) is 4.97. The van der Waals surface area contributed by atoms with E-state index in [9.17, 15) is 14.9 Å². The monoisotopic (exact) mass is 296 g/mol. The van der Waals surface area contributed by atoms with Gasteiger partial charge in [-0.3, -0.25) is 14.7 Å². The first kappa shape index (κ1) is 14.1. The second kappa shape index (κ2) is 6.19. The lowest BCUT2D eigenvalue weighted by Gasteiger charge is -2.00. The minimum absolute atomic E-state index is 0.110. The first-order valence-corrected chi connectivity index (χ1v) is 6.69. The summed E-state index contributed by atoms with van der Waals surface area (Å²) < 4.78 is 1.14. The maximum absolute atomic E-state index is 11.5. The second-order valence-electron chi connectivity index (χ2n) is 3.91. The molecule has 0 spiro atoms. The van der Waals surface area contributed by atoms with Crippen molar-refractivity contribution in [3.63, 3.8) is 0 Å². The third-order valence-electron chi connectivity index (χ3n) is 2.35. The molecule has 0 radical (unpaired) electrons. The molecule has 106 valence electrons. The Morgan fingerprint density at radius 3 is 3.00 bits per heavy atom. The van der Waals surface area contributed by atoms with E-state index in [0.29, 0.717) is 10.1 Å². The lowest BCUT2D eigenvalue weighted by molar-refractivity contribution is -0.385. The molecule has 9 nitrogen and oxygen atoms in total. The Balaban J connectivity index is 2.17. The highest BCUT2D eigenvalue weighted by Crippen LogP contribution is 2.16. The molecule has 0 aliphatic heterocycles. The molecular formula is C10H12N6O3S. The van der Waals surface area contributed by atoms with Gasteiger partial charge in [0.15, 0.2) is 0 Å². The highest BCUT2D eigenvalue weighted by atomic mass is 32.1. The normalized spacial score (nSPS) is 10.4. The van der Waals surface area contributed by atoms with E-state index in [1.165, 1.54) is 11.3 Å². The largest absolute Gasteiger partial charge is 0.360 e. The van der Waals surface area contributed by atoms with Crippen molar-refractivity contribution in [3.8, 4) is 0 Å². The van der Waals surface area contributed by atoms with Gasteiger partial charge in [0.05, 0.1) is 17.7 Å². The molecule has 0 aromatic carbocycles. The van der Waals surface area contributed by atoms with E-state index in [-0.39, 0.29) is 12.2 Å². The fourth-order valence-electron chi connectivity index (χ4n) is 1.42. The number of anilines is 1. The van der Waals surface area contributed by atoms with Crippen LogP contribution in [0.5, 0.6) is 0 Å². The molecule has 10 heteroatoms. The van der Waals surface area contributed by atoms with Gasteiger partial charge in [0, 0.05) is 6.54 Å². The molecule has 0 fully saturated rings. The molecular weight excluding hydrogens is 284 g/mol. The highest BCUT2D eigenvalue weighted by Gasteiger charge is 2.11. The Morgan fingerprint density at radius 2 is 2.30 bits per heavy atom. The first-order valence-electron chi connectivity index (χ1n) is 5.87. The standard InChI is InChI=1S/C10H12N6O3S/c1-2-3-11-9-14-13-8(20-9)6-15-5-7(16(18)19)4-12-10(15)17/h4-5H,2-3,6H2,1H3,(H,11,14). The van der Waals surface area contributed by atoms with Gasteiger partial charge < -0.3 is 5.32 Å². The fraction of sp³-hybridized carbons (Fsp3) is 0.400. The molecule has 2 rings (SSSR count). The zero-order valence-corrected chi connectivity index (χ0v) is 11.5. The van der Waals surface area contributed by atoms with Crippen LogP contribution in [-0.2, 0) is 6.54 Å². The van der Waals surface area contributed by atoms with Gasteiger partial charge in [-0.05, 0) is 6.42 Å². The zero-order chi connectivity index (χ0) is 14.5. The van der Waals surface area contributed by atoms with Gasteiger partial charge in [-0.1, -0.05) is 18.3 Å². The molecule has 0 aliphatic rings.